The summed E-state index contributed by atoms with van der Waals surface area (Å²) in [7, 11) is -0.308. The van der Waals surface area contributed by atoms with E-state index in [0.717, 1.165) is 0 Å². The van der Waals surface area contributed by atoms with Gasteiger partial charge in [0.2, 0.25) is 0 Å². The van der Waals surface area contributed by atoms with Crippen molar-refractivity contribution in [2.45, 2.75) is 37.0 Å². The van der Waals surface area contributed by atoms with Crippen LogP contribution in [-0.2, 0) is 20.4 Å². The molecule has 0 saturated carbocycles. The number of nitrogens with two attached hydrogens (primary N) is 2. The largest absolute Gasteiger partial charge is 0.480 e. The van der Waals surface area contributed by atoms with E-state index < -0.39 is 36.6 Å². The summed E-state index contributed by atoms with van der Waals surface area (Å²) < 4.78 is 7.48. The number of carboxylic acids is 1. The zero-order chi connectivity index (χ0) is 21.1. The number of fused-ring (bicyclic) bond motifs is 1. The molecule has 3 rings (SSSR count). The quantitative estimate of drug-likeness (QED) is 0.237. The number of ether oxygens (including phenoxy) is 1. The van der Waals surface area contributed by atoms with E-state index in [-0.39, 0.29) is 16.7 Å². The highest BCUT2D eigenvalue weighted by Gasteiger charge is 2.47. The molecule has 0 radical (unpaired) electrons. The van der Waals surface area contributed by atoms with Crippen molar-refractivity contribution in [3.63, 3.8) is 0 Å². The summed E-state index contributed by atoms with van der Waals surface area (Å²) >= 11 is 0. The Kier molecular flexibility index (Phi) is 6.70. The number of aliphatic hydroxyl groups is 2. The van der Waals surface area contributed by atoms with E-state index in [9.17, 15) is 15.0 Å². The minimum atomic E-state index is -1.19. The molecular formula is C17H25N6O5S+. The van der Waals surface area contributed by atoms with E-state index in [1.54, 1.807) is 6.08 Å². The Morgan fingerprint density at radius 1 is 1.38 bits per heavy atom. The first-order chi connectivity index (χ1) is 13.8. The molecule has 1 fully saturated rings. The van der Waals surface area contributed by atoms with Crippen molar-refractivity contribution < 1.29 is 24.9 Å². The van der Waals surface area contributed by atoms with E-state index in [1.807, 2.05) is 0 Å². The van der Waals surface area contributed by atoms with Crippen LogP contribution in [0.5, 0.6) is 0 Å². The summed E-state index contributed by atoms with van der Waals surface area (Å²) in [5, 5.41) is 30.0. The third kappa shape index (κ3) is 4.51. The molecule has 0 aliphatic carbocycles. The second-order valence-corrected chi connectivity index (χ2v) is 9.10. The second-order valence-electron chi connectivity index (χ2n) is 6.80. The molecule has 7 N–H and O–H groups in total. The number of aliphatic carboxylic acids is 1. The number of rotatable bonds is 9. The predicted octanol–water partition coefficient (Wildman–Crippen LogP) is -1.37. The molecule has 158 valence electrons. The summed E-state index contributed by atoms with van der Waals surface area (Å²) in [5.41, 5.74) is 12.2. The van der Waals surface area contributed by atoms with Crippen LogP contribution in [0.1, 0.15) is 12.6 Å². The molecule has 0 aromatic carbocycles. The van der Waals surface area contributed by atoms with Crippen LogP contribution in [0.2, 0.25) is 0 Å². The van der Waals surface area contributed by atoms with Gasteiger partial charge in [0.15, 0.2) is 17.7 Å². The molecule has 0 bridgehead atoms. The minimum absolute atomic E-state index is 0.209. The summed E-state index contributed by atoms with van der Waals surface area (Å²) in [6.07, 6.45) is 0.943. The first kappa shape index (κ1) is 21.5. The third-order valence-corrected chi connectivity index (χ3v) is 7.11. The van der Waals surface area contributed by atoms with E-state index in [4.69, 9.17) is 21.3 Å². The lowest BCUT2D eigenvalue weighted by molar-refractivity contribution is -0.138. The lowest BCUT2D eigenvalue weighted by atomic mass is 10.1. The zero-order valence-corrected chi connectivity index (χ0v) is 16.5. The third-order valence-electron chi connectivity index (χ3n) is 4.79. The standard InChI is InChI=1S/C17H24N6O5S/c1-2-4-29(5-3-9(18)17(26)27)6-10-12(24)13(25)16(28-10)23-8-22-11-14(19)20-7-21-15(11)23/h2,7-10,12-13,16,24-25H,1,3-6,18H2,(H2-,19,20,21,26,27)/p+1/t9?,10-,12+,13?,16-,29?/m1/s1. The van der Waals surface area contributed by atoms with Crippen molar-refractivity contribution >= 4 is 33.8 Å². The van der Waals surface area contributed by atoms with Gasteiger partial charge >= 0.3 is 5.97 Å². The maximum absolute atomic E-state index is 10.9. The van der Waals surface area contributed by atoms with E-state index in [0.29, 0.717) is 34.8 Å². The molecule has 29 heavy (non-hydrogen) atoms. The van der Waals surface area contributed by atoms with Crippen molar-refractivity contribution in [1.82, 2.24) is 19.5 Å². The van der Waals surface area contributed by atoms with Gasteiger partial charge in [-0.05, 0) is 17.0 Å². The molecule has 11 nitrogen and oxygen atoms in total. The molecule has 2 aromatic rings. The smallest absolute Gasteiger partial charge is 0.320 e. The highest BCUT2D eigenvalue weighted by Crippen LogP contribution is 2.33. The van der Waals surface area contributed by atoms with Crippen molar-refractivity contribution in [3.8, 4) is 0 Å². The Balaban J connectivity index is 1.73. The Morgan fingerprint density at radius 3 is 2.83 bits per heavy atom. The van der Waals surface area contributed by atoms with E-state index in [2.05, 4.69) is 21.5 Å². The monoisotopic (exact) mass is 425 g/mol. The number of carbonyl (C=O) groups is 1. The fraction of sp³-hybridized carbons (Fsp3) is 0.529. The number of carboxylic acid groups (broad SMARTS) is 1. The molecular weight excluding hydrogens is 400 g/mol. The normalized spacial score (nSPS) is 26.4. The van der Waals surface area contributed by atoms with Gasteiger partial charge in [-0.25, -0.2) is 15.0 Å². The molecule has 12 heteroatoms. The van der Waals surface area contributed by atoms with Gasteiger partial charge < -0.3 is 31.5 Å². The van der Waals surface area contributed by atoms with Gasteiger partial charge in [-0.15, -0.1) is 0 Å². The van der Waals surface area contributed by atoms with Crippen LogP contribution in [0, 0.1) is 0 Å². The molecule has 2 aromatic heterocycles. The predicted molar refractivity (Wildman–Crippen MR) is 108 cm³/mol. The highest BCUT2D eigenvalue weighted by atomic mass is 32.2. The molecule has 3 heterocycles. The van der Waals surface area contributed by atoms with Gasteiger partial charge in [-0.1, -0.05) is 6.58 Å². The Labute approximate surface area is 169 Å². The lowest BCUT2D eigenvalue weighted by Crippen LogP contribution is -2.38. The van der Waals surface area contributed by atoms with Crippen LogP contribution in [0.25, 0.3) is 11.2 Å². The first-order valence-electron chi connectivity index (χ1n) is 9.01. The average molecular weight is 425 g/mol. The van der Waals surface area contributed by atoms with Crippen molar-refractivity contribution in [3.05, 3.63) is 25.3 Å². The second kappa shape index (κ2) is 9.05. The van der Waals surface area contributed by atoms with Gasteiger partial charge in [0.05, 0.1) is 6.33 Å². The topological polar surface area (TPSA) is 183 Å². The number of aliphatic hydroxyl groups excluding tert-OH is 2. The maximum atomic E-state index is 10.9. The molecule has 6 atom stereocenters. The van der Waals surface area contributed by atoms with Crippen molar-refractivity contribution in [2.75, 3.05) is 23.0 Å². The maximum Gasteiger partial charge on any atom is 0.320 e. The average Bonchev–Trinajstić information content (AvgIpc) is 3.23. The SMILES string of the molecule is C=CC[S+](CCC(N)C(=O)O)C[C@H]1O[C@@H](n2cnc3c(N)ncnc32)C(O)[C@H]1O. The van der Waals surface area contributed by atoms with Crippen LogP contribution in [-0.4, -0.2) is 82.4 Å². The summed E-state index contributed by atoms with van der Waals surface area (Å²) in [6, 6.07) is -0.940. The minimum Gasteiger partial charge on any atom is -0.480 e. The molecule has 0 amide bonds. The van der Waals surface area contributed by atoms with Crippen molar-refractivity contribution in [1.29, 1.82) is 0 Å². The van der Waals surface area contributed by atoms with Gasteiger partial charge in [0.25, 0.3) is 0 Å². The zero-order valence-electron chi connectivity index (χ0n) is 15.7. The first-order valence-corrected chi connectivity index (χ1v) is 10.7. The Bertz CT molecular complexity index is 879. The number of anilines is 1. The van der Waals surface area contributed by atoms with Gasteiger partial charge in [0, 0.05) is 6.42 Å². The number of imidazole rings is 1. The lowest BCUT2D eigenvalue weighted by Gasteiger charge is -2.16. The number of aromatic nitrogens is 4. The summed E-state index contributed by atoms with van der Waals surface area (Å²) in [5.74, 6) is 0.799. The van der Waals surface area contributed by atoms with Crippen LogP contribution < -0.4 is 11.5 Å². The van der Waals surface area contributed by atoms with E-state index in [1.165, 1.54) is 17.2 Å². The Hall–Kier alpha value is -2.25. The van der Waals surface area contributed by atoms with Crippen molar-refractivity contribution in [2.24, 2.45) is 5.73 Å². The van der Waals surface area contributed by atoms with Gasteiger partial charge in [-0.3, -0.25) is 9.36 Å². The summed E-state index contributed by atoms with van der Waals surface area (Å²) in [6.45, 7) is 3.74. The molecule has 3 unspecified atom stereocenters. The van der Waals surface area contributed by atoms with Crippen LogP contribution in [0.3, 0.4) is 0 Å². The van der Waals surface area contributed by atoms with Gasteiger partial charge in [0.1, 0.15) is 53.5 Å². The van der Waals surface area contributed by atoms with E-state index >= 15 is 0 Å². The molecule has 0 spiro atoms. The number of nitrogen functional groups attached to an aromatic ring is 1. The Morgan fingerprint density at radius 2 is 2.14 bits per heavy atom. The summed E-state index contributed by atoms with van der Waals surface area (Å²) in [4.78, 5) is 23.1. The fourth-order valence-corrected chi connectivity index (χ4v) is 5.33. The molecule has 1 aliphatic rings. The fourth-order valence-electron chi connectivity index (χ4n) is 3.20. The molecule has 1 aliphatic heterocycles. The molecule has 1 saturated heterocycles. The number of hydrogen-bond acceptors (Lipinski definition) is 9. The highest BCUT2D eigenvalue weighted by molar-refractivity contribution is 7.97. The van der Waals surface area contributed by atoms with Crippen LogP contribution in [0.4, 0.5) is 5.82 Å². The van der Waals surface area contributed by atoms with Crippen LogP contribution >= 0.6 is 0 Å². The number of nitrogens with zero attached hydrogens (tertiary/aromatic N) is 4. The van der Waals surface area contributed by atoms with Gasteiger partial charge in [-0.2, -0.15) is 0 Å². The van der Waals surface area contributed by atoms with Crippen LogP contribution in [0.15, 0.2) is 25.3 Å². The number of hydrogen-bond donors (Lipinski definition) is 5.